The van der Waals surface area contributed by atoms with Crippen molar-refractivity contribution in [1.29, 1.82) is 0 Å². The Bertz CT molecular complexity index is 490. The van der Waals surface area contributed by atoms with Gasteiger partial charge in [-0.25, -0.2) is 0 Å². The molecule has 1 heterocycles. The summed E-state index contributed by atoms with van der Waals surface area (Å²) in [5.41, 5.74) is 7.47. The highest BCUT2D eigenvalue weighted by atomic mass is 35.5. The number of anilines is 2. The van der Waals surface area contributed by atoms with Crippen molar-refractivity contribution in [1.82, 2.24) is 0 Å². The zero-order valence-electron chi connectivity index (χ0n) is 12.3. The highest BCUT2D eigenvalue weighted by Gasteiger charge is 2.19. The van der Waals surface area contributed by atoms with Gasteiger partial charge in [0.05, 0.1) is 18.0 Å². The molecule has 0 spiro atoms. The Labute approximate surface area is 130 Å². The van der Waals surface area contributed by atoms with E-state index in [9.17, 15) is 4.79 Å². The molecule has 116 valence electrons. The highest BCUT2D eigenvalue weighted by molar-refractivity contribution is 6.31. The minimum Gasteiger partial charge on any atom is -0.383 e. The van der Waals surface area contributed by atoms with Gasteiger partial charge in [0, 0.05) is 25.2 Å². The van der Waals surface area contributed by atoms with E-state index in [0.29, 0.717) is 10.7 Å². The predicted octanol–water partition coefficient (Wildman–Crippen LogP) is 2.24. The number of piperidine rings is 1. The van der Waals surface area contributed by atoms with Gasteiger partial charge in [-0.05, 0) is 37.5 Å². The van der Waals surface area contributed by atoms with E-state index in [0.717, 1.165) is 18.8 Å². The van der Waals surface area contributed by atoms with E-state index >= 15 is 0 Å². The first kappa shape index (κ1) is 16.1. The lowest BCUT2D eigenvalue weighted by Gasteiger charge is -2.30. The quantitative estimate of drug-likeness (QED) is 0.875. The lowest BCUT2D eigenvalue weighted by Crippen LogP contribution is -2.39. The average Bonchev–Trinajstić information content (AvgIpc) is 2.48. The fourth-order valence-corrected chi connectivity index (χ4v) is 2.67. The molecule has 0 radical (unpaired) electrons. The van der Waals surface area contributed by atoms with E-state index in [4.69, 9.17) is 22.1 Å². The topological polar surface area (TPSA) is 67.6 Å². The van der Waals surface area contributed by atoms with Crippen molar-refractivity contribution >= 4 is 28.9 Å². The number of hydrogen-bond donors (Lipinski definition) is 2. The maximum absolute atomic E-state index is 12.1. The van der Waals surface area contributed by atoms with Gasteiger partial charge >= 0.3 is 0 Å². The number of hydrogen-bond acceptors (Lipinski definition) is 4. The minimum absolute atomic E-state index is 0.186. The fourth-order valence-electron chi connectivity index (χ4n) is 2.50. The molecule has 1 atom stereocenters. The van der Waals surface area contributed by atoms with E-state index < -0.39 is 6.04 Å². The number of rotatable bonds is 5. The van der Waals surface area contributed by atoms with Crippen LogP contribution in [-0.4, -0.2) is 38.8 Å². The van der Waals surface area contributed by atoms with Crippen LogP contribution in [0.15, 0.2) is 18.2 Å². The summed E-state index contributed by atoms with van der Waals surface area (Å²) in [6.45, 7) is 2.18. The monoisotopic (exact) mass is 311 g/mol. The van der Waals surface area contributed by atoms with Gasteiger partial charge in [-0.1, -0.05) is 11.6 Å². The molecule has 1 aliphatic rings. The Morgan fingerprint density at radius 2 is 2.14 bits per heavy atom. The first-order valence-electron chi connectivity index (χ1n) is 7.21. The lowest BCUT2D eigenvalue weighted by atomic mass is 10.1. The number of methoxy groups -OCH3 is 1. The number of carbonyl (C=O) groups is 1. The van der Waals surface area contributed by atoms with Crippen LogP contribution >= 0.6 is 11.6 Å². The molecule has 1 fully saturated rings. The van der Waals surface area contributed by atoms with Crippen LogP contribution in [-0.2, 0) is 9.53 Å². The molecular formula is C15H22ClN3O2. The Kier molecular flexibility index (Phi) is 5.85. The first-order chi connectivity index (χ1) is 10.1. The molecule has 0 bridgehead atoms. The third-order valence-corrected chi connectivity index (χ3v) is 3.83. The first-order valence-corrected chi connectivity index (χ1v) is 7.59. The Morgan fingerprint density at radius 3 is 2.81 bits per heavy atom. The summed E-state index contributed by atoms with van der Waals surface area (Å²) in [5, 5.41) is 3.45. The van der Waals surface area contributed by atoms with Crippen molar-refractivity contribution in [3.63, 3.8) is 0 Å². The second-order valence-corrected chi connectivity index (χ2v) is 5.70. The largest absolute Gasteiger partial charge is 0.383 e. The Hall–Kier alpha value is -1.30. The Morgan fingerprint density at radius 1 is 1.43 bits per heavy atom. The van der Waals surface area contributed by atoms with Gasteiger partial charge in [0.1, 0.15) is 6.04 Å². The number of nitrogens with zero attached hydrogens (tertiary/aromatic N) is 1. The number of carbonyl (C=O) groups excluding carboxylic acids is 1. The summed E-state index contributed by atoms with van der Waals surface area (Å²) in [6.07, 6.45) is 3.59. The standard InChI is InChI=1S/C15H22ClN3O2/c1-21-10-12(17)15(20)18-13-9-11(16)5-6-14(13)19-7-3-2-4-8-19/h5-6,9,12H,2-4,7-8,10,17H2,1H3,(H,18,20). The SMILES string of the molecule is COCC(N)C(=O)Nc1cc(Cl)ccc1N1CCCCC1. The zero-order valence-corrected chi connectivity index (χ0v) is 13.0. The van der Waals surface area contributed by atoms with Crippen molar-refractivity contribution in [2.45, 2.75) is 25.3 Å². The van der Waals surface area contributed by atoms with Gasteiger partial charge in [-0.15, -0.1) is 0 Å². The molecule has 0 aromatic heterocycles. The number of nitrogens with two attached hydrogens (primary N) is 1. The third-order valence-electron chi connectivity index (χ3n) is 3.60. The molecule has 3 N–H and O–H groups in total. The van der Waals surface area contributed by atoms with Crippen LogP contribution in [0.1, 0.15) is 19.3 Å². The van der Waals surface area contributed by atoms with Crippen molar-refractivity contribution in [3.05, 3.63) is 23.2 Å². The fraction of sp³-hybridized carbons (Fsp3) is 0.533. The van der Waals surface area contributed by atoms with Gasteiger partial charge in [0.15, 0.2) is 0 Å². The maximum Gasteiger partial charge on any atom is 0.243 e. The smallest absolute Gasteiger partial charge is 0.243 e. The predicted molar refractivity (Wildman–Crippen MR) is 86.0 cm³/mol. The molecule has 0 aliphatic carbocycles. The van der Waals surface area contributed by atoms with Crippen LogP contribution in [0, 0.1) is 0 Å². The molecule has 1 saturated heterocycles. The molecule has 1 aromatic rings. The summed E-state index contributed by atoms with van der Waals surface area (Å²) in [7, 11) is 1.52. The van der Waals surface area contributed by atoms with E-state index in [1.165, 1.54) is 26.4 Å². The summed E-state index contributed by atoms with van der Waals surface area (Å²) < 4.78 is 4.91. The molecule has 1 unspecified atom stereocenters. The molecule has 2 rings (SSSR count). The highest BCUT2D eigenvalue weighted by Crippen LogP contribution is 2.31. The average molecular weight is 312 g/mol. The zero-order chi connectivity index (χ0) is 15.2. The third kappa shape index (κ3) is 4.33. The molecule has 1 aliphatic heterocycles. The van der Waals surface area contributed by atoms with Crippen LogP contribution in [0.25, 0.3) is 0 Å². The van der Waals surface area contributed by atoms with Gasteiger partial charge in [0.25, 0.3) is 0 Å². The summed E-state index contributed by atoms with van der Waals surface area (Å²) in [6, 6.07) is 4.87. The van der Waals surface area contributed by atoms with Crippen LogP contribution < -0.4 is 16.0 Å². The van der Waals surface area contributed by atoms with Gasteiger partial charge in [-0.3, -0.25) is 4.79 Å². The summed E-state index contributed by atoms with van der Waals surface area (Å²) in [5.74, 6) is -0.266. The molecule has 1 amide bonds. The van der Waals surface area contributed by atoms with E-state index in [2.05, 4.69) is 10.2 Å². The second kappa shape index (κ2) is 7.64. The van der Waals surface area contributed by atoms with Gasteiger partial charge in [0.2, 0.25) is 5.91 Å². The van der Waals surface area contributed by atoms with Crippen molar-refractivity contribution in [2.75, 3.05) is 37.0 Å². The van der Waals surface area contributed by atoms with E-state index in [1.807, 2.05) is 12.1 Å². The molecule has 21 heavy (non-hydrogen) atoms. The van der Waals surface area contributed by atoms with Gasteiger partial charge < -0.3 is 20.7 Å². The maximum atomic E-state index is 12.1. The van der Waals surface area contributed by atoms with E-state index in [-0.39, 0.29) is 12.5 Å². The lowest BCUT2D eigenvalue weighted by molar-refractivity contribution is -0.118. The minimum atomic E-state index is -0.691. The number of halogens is 1. The number of ether oxygens (including phenoxy) is 1. The number of nitrogens with one attached hydrogen (secondary N) is 1. The van der Waals surface area contributed by atoms with Gasteiger partial charge in [-0.2, -0.15) is 0 Å². The molecule has 6 heteroatoms. The van der Waals surface area contributed by atoms with Crippen LogP contribution in [0.3, 0.4) is 0 Å². The molecule has 0 saturated carbocycles. The van der Waals surface area contributed by atoms with E-state index in [1.54, 1.807) is 6.07 Å². The molecule has 1 aromatic carbocycles. The number of amides is 1. The van der Waals surface area contributed by atoms with Crippen LogP contribution in [0.4, 0.5) is 11.4 Å². The summed E-state index contributed by atoms with van der Waals surface area (Å²) in [4.78, 5) is 14.3. The Balaban J connectivity index is 2.16. The van der Waals surface area contributed by atoms with Crippen molar-refractivity contribution in [2.24, 2.45) is 5.73 Å². The number of benzene rings is 1. The van der Waals surface area contributed by atoms with Crippen molar-refractivity contribution in [3.8, 4) is 0 Å². The molecular weight excluding hydrogens is 290 g/mol. The molecule has 5 nitrogen and oxygen atoms in total. The second-order valence-electron chi connectivity index (χ2n) is 5.26. The normalized spacial score (nSPS) is 16.6. The van der Waals surface area contributed by atoms with Crippen molar-refractivity contribution < 1.29 is 9.53 Å². The van der Waals surface area contributed by atoms with Crippen LogP contribution in [0.2, 0.25) is 5.02 Å². The van der Waals surface area contributed by atoms with Crippen LogP contribution in [0.5, 0.6) is 0 Å². The summed E-state index contributed by atoms with van der Waals surface area (Å²) >= 11 is 6.05.